The quantitative estimate of drug-likeness (QED) is 0.383. The summed E-state index contributed by atoms with van der Waals surface area (Å²) in [5.74, 6) is 0.781. The highest BCUT2D eigenvalue weighted by Gasteiger charge is 2.22. The molecule has 0 radical (unpaired) electrons. The van der Waals surface area contributed by atoms with E-state index in [1.807, 2.05) is 6.92 Å². The van der Waals surface area contributed by atoms with Crippen molar-refractivity contribution < 1.29 is 5.11 Å². The monoisotopic (exact) mass is 421 g/mol. The van der Waals surface area contributed by atoms with Crippen LogP contribution in [-0.2, 0) is 12.8 Å². The van der Waals surface area contributed by atoms with E-state index in [9.17, 15) is 0 Å². The Morgan fingerprint density at radius 3 is 2.95 bits per heavy atom. The summed E-state index contributed by atoms with van der Waals surface area (Å²) in [4.78, 5) is 4.33. The van der Waals surface area contributed by atoms with Crippen molar-refractivity contribution in [2.24, 2.45) is 4.99 Å². The van der Waals surface area contributed by atoms with Crippen LogP contribution >= 0.6 is 24.0 Å². The van der Waals surface area contributed by atoms with Crippen LogP contribution in [0.25, 0.3) is 0 Å². The number of aliphatic imine (C=N–C) groups is 1. The number of aliphatic hydroxyl groups is 1. The number of aromatic nitrogens is 2. The first-order valence-electron chi connectivity index (χ1n) is 7.86. The second kappa shape index (κ2) is 9.34. The van der Waals surface area contributed by atoms with E-state index < -0.39 is 0 Å². The van der Waals surface area contributed by atoms with Gasteiger partial charge in [-0.1, -0.05) is 0 Å². The standard InChI is InChI=1S/C15H27N5O.HI/c1-4-16-15(17-7-8-21)18-13-6-5-12-10-20(11(2)3)19-14(12)9-13;/h10-11,13,21H,4-9H2,1-3H3,(H2,16,17,18);1H. The highest BCUT2D eigenvalue weighted by molar-refractivity contribution is 14.0. The smallest absolute Gasteiger partial charge is 0.191 e. The van der Waals surface area contributed by atoms with Crippen molar-refractivity contribution in [2.75, 3.05) is 19.7 Å². The first-order chi connectivity index (χ1) is 10.1. The Balaban J connectivity index is 0.00000242. The molecule has 0 saturated heterocycles. The summed E-state index contributed by atoms with van der Waals surface area (Å²) in [5.41, 5.74) is 2.57. The van der Waals surface area contributed by atoms with Gasteiger partial charge in [-0.15, -0.1) is 24.0 Å². The summed E-state index contributed by atoms with van der Waals surface area (Å²) in [6.07, 6.45) is 5.25. The highest BCUT2D eigenvalue weighted by Crippen LogP contribution is 2.21. The molecule has 1 atom stereocenters. The van der Waals surface area contributed by atoms with Crippen molar-refractivity contribution >= 4 is 29.9 Å². The number of hydrogen-bond donors (Lipinski definition) is 3. The van der Waals surface area contributed by atoms with Crippen molar-refractivity contribution in [3.8, 4) is 0 Å². The van der Waals surface area contributed by atoms with E-state index in [1.54, 1.807) is 0 Å². The van der Waals surface area contributed by atoms with Crippen LogP contribution in [0.5, 0.6) is 0 Å². The van der Waals surface area contributed by atoms with E-state index >= 15 is 0 Å². The maximum Gasteiger partial charge on any atom is 0.191 e. The van der Waals surface area contributed by atoms with Gasteiger partial charge in [0.1, 0.15) is 0 Å². The molecule has 1 aliphatic rings. The predicted molar refractivity (Wildman–Crippen MR) is 100 cm³/mol. The van der Waals surface area contributed by atoms with Gasteiger partial charge in [-0.25, -0.2) is 0 Å². The lowest BCUT2D eigenvalue weighted by atomic mass is 9.94. The van der Waals surface area contributed by atoms with E-state index in [1.165, 1.54) is 11.3 Å². The van der Waals surface area contributed by atoms with Crippen molar-refractivity contribution in [3.05, 3.63) is 17.5 Å². The second-order valence-electron chi connectivity index (χ2n) is 5.74. The van der Waals surface area contributed by atoms with Crippen LogP contribution in [0, 0.1) is 0 Å². The lowest BCUT2D eigenvalue weighted by Gasteiger charge is -2.24. The minimum absolute atomic E-state index is 0. The van der Waals surface area contributed by atoms with Gasteiger partial charge in [-0.05, 0) is 39.2 Å². The normalized spacial score (nSPS) is 17.9. The number of nitrogens with one attached hydrogen (secondary N) is 2. The van der Waals surface area contributed by atoms with Gasteiger partial charge in [0.2, 0.25) is 0 Å². The Kier molecular flexibility index (Phi) is 8.16. The average molecular weight is 421 g/mol. The van der Waals surface area contributed by atoms with Gasteiger partial charge in [-0.3, -0.25) is 9.67 Å². The number of aryl methyl sites for hydroxylation is 1. The topological polar surface area (TPSA) is 74.5 Å². The molecule has 0 aliphatic heterocycles. The maximum atomic E-state index is 8.90. The van der Waals surface area contributed by atoms with Crippen LogP contribution in [-0.4, -0.2) is 46.6 Å². The molecule has 0 saturated carbocycles. The SMILES string of the molecule is CCNC(=NCCO)NC1CCc2cn(C(C)C)nc2C1.I. The molecule has 6 nitrogen and oxygen atoms in total. The molecule has 1 aromatic heterocycles. The van der Waals surface area contributed by atoms with E-state index in [-0.39, 0.29) is 30.6 Å². The van der Waals surface area contributed by atoms with Crippen LogP contribution in [0.1, 0.15) is 44.5 Å². The fourth-order valence-corrected chi connectivity index (χ4v) is 2.58. The summed E-state index contributed by atoms with van der Waals surface area (Å²) in [6, 6.07) is 0.759. The Morgan fingerprint density at radius 1 is 1.55 bits per heavy atom. The third-order valence-corrected chi connectivity index (χ3v) is 3.68. The van der Waals surface area contributed by atoms with Gasteiger partial charge in [0.15, 0.2) is 5.96 Å². The van der Waals surface area contributed by atoms with Gasteiger partial charge in [0.25, 0.3) is 0 Å². The molecule has 2 rings (SSSR count). The van der Waals surface area contributed by atoms with Crippen molar-refractivity contribution in [3.63, 3.8) is 0 Å². The molecule has 1 aliphatic carbocycles. The first kappa shape index (κ1) is 19.2. The Hall–Kier alpha value is -0.830. The zero-order valence-corrected chi connectivity index (χ0v) is 16.0. The molecule has 3 N–H and O–H groups in total. The Labute approximate surface area is 149 Å². The number of rotatable bonds is 5. The molecule has 0 aromatic carbocycles. The zero-order valence-electron chi connectivity index (χ0n) is 13.7. The average Bonchev–Trinajstić information content (AvgIpc) is 2.88. The van der Waals surface area contributed by atoms with Crippen molar-refractivity contribution in [1.82, 2.24) is 20.4 Å². The third kappa shape index (κ3) is 5.12. The lowest BCUT2D eigenvalue weighted by Crippen LogP contribution is -2.45. The fourth-order valence-electron chi connectivity index (χ4n) is 2.58. The summed E-state index contributed by atoms with van der Waals surface area (Å²) < 4.78 is 2.05. The Bertz CT molecular complexity index is 486. The number of hydrogen-bond acceptors (Lipinski definition) is 3. The summed E-state index contributed by atoms with van der Waals surface area (Å²) in [7, 11) is 0. The molecule has 22 heavy (non-hydrogen) atoms. The van der Waals surface area contributed by atoms with Gasteiger partial charge >= 0.3 is 0 Å². The summed E-state index contributed by atoms with van der Waals surface area (Å²) >= 11 is 0. The molecule has 0 spiro atoms. The first-order valence-corrected chi connectivity index (χ1v) is 7.86. The molecule has 1 aromatic rings. The third-order valence-electron chi connectivity index (χ3n) is 3.68. The molecular formula is C15H28IN5O. The van der Waals surface area contributed by atoms with Gasteiger partial charge in [-0.2, -0.15) is 5.10 Å². The predicted octanol–water partition coefficient (Wildman–Crippen LogP) is 1.49. The number of aliphatic hydroxyl groups excluding tert-OH is 1. The van der Waals surface area contributed by atoms with E-state index in [4.69, 9.17) is 10.2 Å². The number of guanidine groups is 1. The largest absolute Gasteiger partial charge is 0.394 e. The highest BCUT2D eigenvalue weighted by atomic mass is 127. The number of nitrogens with zero attached hydrogens (tertiary/aromatic N) is 3. The molecule has 0 bridgehead atoms. The van der Waals surface area contributed by atoms with E-state index in [0.29, 0.717) is 18.6 Å². The maximum absolute atomic E-state index is 8.90. The van der Waals surface area contributed by atoms with Crippen LogP contribution in [0.4, 0.5) is 0 Å². The second-order valence-corrected chi connectivity index (χ2v) is 5.74. The lowest BCUT2D eigenvalue weighted by molar-refractivity contribution is 0.306. The molecule has 0 fully saturated rings. The fraction of sp³-hybridized carbons (Fsp3) is 0.733. The van der Waals surface area contributed by atoms with Crippen LogP contribution in [0.3, 0.4) is 0 Å². The van der Waals surface area contributed by atoms with Gasteiger partial charge in [0, 0.05) is 31.2 Å². The molecule has 126 valence electrons. The summed E-state index contributed by atoms with van der Waals surface area (Å²) in [5, 5.41) is 20.3. The van der Waals surface area contributed by atoms with Crippen LogP contribution in [0.2, 0.25) is 0 Å². The van der Waals surface area contributed by atoms with Crippen molar-refractivity contribution in [2.45, 2.75) is 52.1 Å². The van der Waals surface area contributed by atoms with Gasteiger partial charge in [0.05, 0.1) is 18.8 Å². The minimum Gasteiger partial charge on any atom is -0.394 e. The molecular weight excluding hydrogens is 393 g/mol. The summed E-state index contributed by atoms with van der Waals surface area (Å²) in [6.45, 7) is 7.66. The van der Waals surface area contributed by atoms with Crippen LogP contribution < -0.4 is 10.6 Å². The number of halogens is 1. The molecule has 1 heterocycles. The van der Waals surface area contributed by atoms with Crippen LogP contribution in [0.15, 0.2) is 11.2 Å². The van der Waals surface area contributed by atoms with E-state index in [0.717, 1.165) is 31.8 Å². The molecule has 0 amide bonds. The number of fused-ring (bicyclic) bond motifs is 1. The van der Waals surface area contributed by atoms with Gasteiger partial charge < -0.3 is 15.7 Å². The van der Waals surface area contributed by atoms with Crippen molar-refractivity contribution in [1.29, 1.82) is 0 Å². The van der Waals surface area contributed by atoms with E-state index in [2.05, 4.69) is 40.4 Å². The zero-order chi connectivity index (χ0) is 15.2. The minimum atomic E-state index is 0. The Morgan fingerprint density at radius 2 is 2.32 bits per heavy atom. The molecule has 1 unspecified atom stereocenters. The molecule has 7 heteroatoms.